The molecular formula is C12H23O7P. The lowest BCUT2D eigenvalue weighted by Gasteiger charge is -2.16. The quantitative estimate of drug-likeness (QED) is 0.358. The van der Waals surface area contributed by atoms with Crippen LogP contribution in [0, 0.1) is 0 Å². The Morgan fingerprint density at radius 3 is 2.00 bits per heavy atom. The molecule has 0 aromatic carbocycles. The first-order valence-corrected chi connectivity index (χ1v) is 8.38. The minimum Gasteiger partial charge on any atom is -0.466 e. The van der Waals surface area contributed by atoms with E-state index in [0.29, 0.717) is 12.8 Å². The molecule has 20 heavy (non-hydrogen) atoms. The molecule has 0 rings (SSSR count). The van der Waals surface area contributed by atoms with Gasteiger partial charge in [-0.1, -0.05) is 26.7 Å². The van der Waals surface area contributed by atoms with Crippen molar-refractivity contribution in [3.8, 4) is 0 Å². The van der Waals surface area contributed by atoms with Gasteiger partial charge in [-0.3, -0.25) is 14.2 Å². The van der Waals surface area contributed by atoms with Gasteiger partial charge in [0.25, 0.3) is 0 Å². The molecule has 0 aromatic heterocycles. The number of carbonyl (C=O) groups is 2. The van der Waals surface area contributed by atoms with E-state index in [1.165, 1.54) is 0 Å². The van der Waals surface area contributed by atoms with Gasteiger partial charge < -0.3 is 19.3 Å². The van der Waals surface area contributed by atoms with Crippen molar-refractivity contribution in [3.63, 3.8) is 0 Å². The van der Waals surface area contributed by atoms with Gasteiger partial charge in [-0.25, -0.2) is 0 Å². The van der Waals surface area contributed by atoms with Crippen LogP contribution in [0.1, 0.15) is 46.0 Å². The van der Waals surface area contributed by atoms with Crippen molar-refractivity contribution in [2.75, 3.05) is 13.2 Å². The summed E-state index contributed by atoms with van der Waals surface area (Å²) in [4.78, 5) is 41.3. The predicted octanol–water partition coefficient (Wildman–Crippen LogP) is 1.61. The molecule has 0 bridgehead atoms. The van der Waals surface area contributed by atoms with E-state index in [-0.39, 0.29) is 13.2 Å². The average molecular weight is 310 g/mol. The van der Waals surface area contributed by atoms with Crippen molar-refractivity contribution in [2.45, 2.75) is 51.6 Å². The van der Waals surface area contributed by atoms with Crippen molar-refractivity contribution in [2.24, 2.45) is 0 Å². The van der Waals surface area contributed by atoms with Gasteiger partial charge in [-0.2, -0.15) is 0 Å². The predicted molar refractivity (Wildman–Crippen MR) is 72.2 cm³/mol. The van der Waals surface area contributed by atoms with Gasteiger partial charge in [-0.15, -0.1) is 0 Å². The molecule has 118 valence electrons. The van der Waals surface area contributed by atoms with Crippen LogP contribution < -0.4 is 0 Å². The largest absolute Gasteiger partial charge is 0.466 e. The molecule has 0 aliphatic rings. The monoisotopic (exact) mass is 310 g/mol. The van der Waals surface area contributed by atoms with Crippen LogP contribution in [0.2, 0.25) is 0 Å². The van der Waals surface area contributed by atoms with Crippen LogP contribution in [0.3, 0.4) is 0 Å². The van der Waals surface area contributed by atoms with Gasteiger partial charge in [0.15, 0.2) is 5.66 Å². The maximum Gasteiger partial charge on any atom is 0.340 e. The zero-order valence-corrected chi connectivity index (χ0v) is 12.8. The molecule has 8 heteroatoms. The lowest BCUT2D eigenvalue weighted by molar-refractivity contribution is -0.150. The molecule has 0 aromatic rings. The minimum absolute atomic E-state index is 0.0801. The zero-order valence-electron chi connectivity index (χ0n) is 11.9. The van der Waals surface area contributed by atoms with E-state index in [0.717, 1.165) is 12.8 Å². The molecule has 0 radical (unpaired) electrons. The molecule has 0 amide bonds. The van der Waals surface area contributed by atoms with Gasteiger partial charge >= 0.3 is 19.5 Å². The molecule has 0 saturated carbocycles. The molecule has 0 fully saturated rings. The Kier molecular flexibility index (Phi) is 9.46. The summed E-state index contributed by atoms with van der Waals surface area (Å²) in [5.41, 5.74) is -1.78. The summed E-state index contributed by atoms with van der Waals surface area (Å²) in [5, 5.41) is 0. The summed E-state index contributed by atoms with van der Waals surface area (Å²) in [6, 6.07) is 0. The maximum atomic E-state index is 11.6. The molecule has 0 spiro atoms. The minimum atomic E-state index is -4.75. The number of ether oxygens (including phenoxy) is 2. The van der Waals surface area contributed by atoms with Crippen LogP contribution in [0.25, 0.3) is 0 Å². The molecule has 2 N–H and O–H groups in total. The maximum absolute atomic E-state index is 11.6. The number of rotatable bonds is 10. The second-order valence-electron chi connectivity index (χ2n) is 4.40. The fourth-order valence-corrected chi connectivity index (χ4v) is 2.04. The fourth-order valence-electron chi connectivity index (χ4n) is 1.30. The lowest BCUT2D eigenvalue weighted by atomic mass is 10.3. The van der Waals surface area contributed by atoms with Crippen molar-refractivity contribution < 1.29 is 33.4 Å². The topological polar surface area (TPSA) is 110 Å². The average Bonchev–Trinajstić information content (AvgIpc) is 2.35. The highest BCUT2D eigenvalue weighted by molar-refractivity contribution is 7.53. The highest BCUT2D eigenvalue weighted by atomic mass is 31.2. The molecule has 1 unspecified atom stereocenters. The van der Waals surface area contributed by atoms with Crippen LogP contribution >= 0.6 is 7.60 Å². The Bertz CT molecular complexity index is 350. The molecule has 1 atom stereocenters. The van der Waals surface area contributed by atoms with E-state index in [4.69, 9.17) is 19.3 Å². The summed E-state index contributed by atoms with van der Waals surface area (Å²) < 4.78 is 20.8. The highest BCUT2D eigenvalue weighted by Gasteiger charge is 2.39. The van der Waals surface area contributed by atoms with Crippen LogP contribution in [0.15, 0.2) is 0 Å². The van der Waals surface area contributed by atoms with Gasteiger partial charge in [0.1, 0.15) is 0 Å². The van der Waals surface area contributed by atoms with Crippen molar-refractivity contribution in [1.82, 2.24) is 0 Å². The third-order valence-corrected chi connectivity index (χ3v) is 3.75. The second-order valence-corrected chi connectivity index (χ2v) is 6.21. The Morgan fingerprint density at radius 2 is 1.55 bits per heavy atom. The van der Waals surface area contributed by atoms with Crippen molar-refractivity contribution >= 4 is 19.5 Å². The lowest BCUT2D eigenvalue weighted by Crippen LogP contribution is -2.27. The molecule has 0 saturated heterocycles. The number of carbonyl (C=O) groups excluding carboxylic acids is 2. The van der Waals surface area contributed by atoms with Crippen LogP contribution in [-0.4, -0.2) is 40.6 Å². The SMILES string of the molecule is CCCCOC(=O)CC(C(=O)OCCCC)P(=O)(O)O. The Hall–Kier alpha value is -0.910. The number of esters is 2. The third kappa shape index (κ3) is 8.30. The van der Waals surface area contributed by atoms with E-state index in [1.807, 2.05) is 13.8 Å². The van der Waals surface area contributed by atoms with Crippen LogP contribution in [0.5, 0.6) is 0 Å². The smallest absolute Gasteiger partial charge is 0.340 e. The number of unbranched alkanes of at least 4 members (excludes halogenated alkanes) is 2. The van der Waals surface area contributed by atoms with Crippen LogP contribution in [0.4, 0.5) is 0 Å². The van der Waals surface area contributed by atoms with Crippen LogP contribution in [-0.2, 0) is 23.6 Å². The first-order chi connectivity index (χ1) is 9.32. The molecule has 0 aliphatic carbocycles. The summed E-state index contributed by atoms with van der Waals surface area (Å²) in [6.07, 6.45) is 2.20. The molecular weight excluding hydrogens is 287 g/mol. The summed E-state index contributed by atoms with van der Waals surface area (Å²) in [6.45, 7) is 4.06. The summed E-state index contributed by atoms with van der Waals surface area (Å²) >= 11 is 0. The van der Waals surface area contributed by atoms with E-state index in [1.54, 1.807) is 0 Å². The third-order valence-electron chi connectivity index (χ3n) is 2.54. The molecule has 7 nitrogen and oxygen atoms in total. The van der Waals surface area contributed by atoms with Crippen molar-refractivity contribution in [3.05, 3.63) is 0 Å². The van der Waals surface area contributed by atoms with Gasteiger partial charge in [-0.05, 0) is 12.8 Å². The Morgan fingerprint density at radius 1 is 1.05 bits per heavy atom. The Labute approximate surface area is 118 Å². The standard InChI is InChI=1S/C12H23O7P/c1-3-5-7-18-11(13)9-10(20(15,16)17)12(14)19-8-6-4-2/h10H,3-9H2,1-2H3,(H2,15,16,17). The molecule has 0 aliphatic heterocycles. The number of hydrogen-bond acceptors (Lipinski definition) is 5. The molecule has 0 heterocycles. The van der Waals surface area contributed by atoms with E-state index in [2.05, 4.69) is 0 Å². The highest BCUT2D eigenvalue weighted by Crippen LogP contribution is 2.43. The summed E-state index contributed by atoms with van der Waals surface area (Å²) in [5.74, 6) is -1.86. The van der Waals surface area contributed by atoms with E-state index in [9.17, 15) is 14.2 Å². The first-order valence-electron chi connectivity index (χ1n) is 6.70. The Balaban J connectivity index is 4.46. The number of hydrogen-bond donors (Lipinski definition) is 2. The normalized spacial score (nSPS) is 12.8. The van der Waals surface area contributed by atoms with Gasteiger partial charge in [0.05, 0.1) is 19.6 Å². The first kappa shape index (κ1) is 19.1. The zero-order chi connectivity index (χ0) is 15.6. The van der Waals surface area contributed by atoms with Gasteiger partial charge in [0, 0.05) is 0 Å². The van der Waals surface area contributed by atoms with E-state index >= 15 is 0 Å². The fraction of sp³-hybridized carbons (Fsp3) is 0.833. The summed E-state index contributed by atoms with van der Waals surface area (Å²) in [7, 11) is -4.75. The second kappa shape index (κ2) is 9.91. The van der Waals surface area contributed by atoms with E-state index < -0.39 is 31.6 Å². The van der Waals surface area contributed by atoms with Crippen molar-refractivity contribution in [1.29, 1.82) is 0 Å². The van der Waals surface area contributed by atoms with Gasteiger partial charge in [0.2, 0.25) is 0 Å².